The Bertz CT molecular complexity index is 586. The molecule has 4 nitrogen and oxygen atoms in total. The molecule has 0 aliphatic heterocycles. The first-order chi connectivity index (χ1) is 8.70. The Morgan fingerprint density at radius 1 is 1.33 bits per heavy atom. The van der Waals surface area contributed by atoms with E-state index in [0.717, 1.165) is 11.4 Å². The van der Waals surface area contributed by atoms with Gasteiger partial charge in [0.25, 0.3) is 0 Å². The number of nitriles is 1. The highest BCUT2D eigenvalue weighted by Gasteiger charge is 2.07. The van der Waals surface area contributed by atoms with E-state index in [9.17, 15) is 0 Å². The van der Waals surface area contributed by atoms with E-state index in [-0.39, 0.29) is 0 Å². The average Bonchev–Trinajstić information content (AvgIpc) is 2.39. The third-order valence-electron chi connectivity index (χ3n) is 2.65. The number of nitrogens with zero attached hydrogens (tertiary/aromatic N) is 3. The molecule has 0 amide bonds. The minimum absolute atomic E-state index is 0.649. The molecule has 0 saturated carbocycles. The van der Waals surface area contributed by atoms with Crippen LogP contribution in [0, 0.1) is 11.3 Å². The Balaban J connectivity index is 2.19. The van der Waals surface area contributed by atoms with E-state index < -0.39 is 0 Å². The van der Waals surface area contributed by atoms with Crippen molar-refractivity contribution in [2.75, 3.05) is 17.7 Å². The van der Waals surface area contributed by atoms with Crippen molar-refractivity contribution in [3.8, 4) is 6.07 Å². The molecule has 0 aliphatic carbocycles. The molecule has 0 fully saturated rings. The zero-order valence-electron chi connectivity index (χ0n) is 10.2. The number of benzene rings is 1. The van der Waals surface area contributed by atoms with Gasteiger partial charge in [-0.1, -0.05) is 12.1 Å². The number of anilines is 2. The molecule has 18 heavy (non-hydrogen) atoms. The van der Waals surface area contributed by atoms with Crippen LogP contribution in [0.25, 0.3) is 0 Å². The summed E-state index contributed by atoms with van der Waals surface area (Å²) in [5, 5.41) is 8.86. The van der Waals surface area contributed by atoms with Crippen LogP contribution < -0.4 is 10.6 Å². The summed E-state index contributed by atoms with van der Waals surface area (Å²) in [5.41, 5.74) is 8.24. The summed E-state index contributed by atoms with van der Waals surface area (Å²) in [7, 11) is 1.93. The fourth-order valence-electron chi connectivity index (χ4n) is 1.82. The summed E-state index contributed by atoms with van der Waals surface area (Å²) in [6, 6.07) is 13.3. The smallest absolute Gasteiger partial charge is 0.151 e. The van der Waals surface area contributed by atoms with E-state index in [4.69, 9.17) is 11.0 Å². The molecular weight excluding hydrogens is 224 g/mol. The standard InChI is InChI=1S/C14H14N4/c1-18(14-13(16)6-3-7-17-14)10-12-5-2-4-11(8-12)9-15/h2-8H,10,16H2,1H3. The zero-order chi connectivity index (χ0) is 13.0. The monoisotopic (exact) mass is 238 g/mol. The Labute approximate surface area is 106 Å². The second kappa shape index (κ2) is 5.19. The number of nitrogens with two attached hydrogens (primary N) is 1. The van der Waals surface area contributed by atoms with Crippen LogP contribution in [0.2, 0.25) is 0 Å². The molecule has 0 aliphatic rings. The van der Waals surface area contributed by atoms with E-state index in [1.807, 2.05) is 42.3 Å². The number of nitrogen functional groups attached to an aromatic ring is 1. The van der Waals surface area contributed by atoms with Crippen LogP contribution in [0.3, 0.4) is 0 Å². The average molecular weight is 238 g/mol. The Kier molecular flexibility index (Phi) is 3.44. The van der Waals surface area contributed by atoms with E-state index in [0.29, 0.717) is 17.8 Å². The molecule has 1 heterocycles. The van der Waals surface area contributed by atoms with Gasteiger partial charge in [0.05, 0.1) is 17.3 Å². The molecule has 0 radical (unpaired) electrons. The first-order valence-electron chi connectivity index (χ1n) is 5.61. The molecule has 0 spiro atoms. The first-order valence-corrected chi connectivity index (χ1v) is 5.61. The van der Waals surface area contributed by atoms with E-state index in [1.165, 1.54) is 0 Å². The number of pyridine rings is 1. The van der Waals surface area contributed by atoms with Gasteiger partial charge in [-0.15, -0.1) is 0 Å². The van der Waals surface area contributed by atoms with Gasteiger partial charge in [0, 0.05) is 19.8 Å². The SMILES string of the molecule is CN(Cc1cccc(C#N)c1)c1ncccc1N. The topological polar surface area (TPSA) is 65.9 Å². The minimum Gasteiger partial charge on any atom is -0.396 e. The Morgan fingerprint density at radius 3 is 2.89 bits per heavy atom. The second-order valence-corrected chi connectivity index (χ2v) is 4.08. The largest absolute Gasteiger partial charge is 0.396 e. The van der Waals surface area contributed by atoms with Crippen LogP contribution in [0.4, 0.5) is 11.5 Å². The van der Waals surface area contributed by atoms with Gasteiger partial charge in [-0.25, -0.2) is 4.98 Å². The molecule has 0 bridgehead atoms. The van der Waals surface area contributed by atoms with Gasteiger partial charge in [0.15, 0.2) is 5.82 Å². The molecule has 0 saturated heterocycles. The Morgan fingerprint density at radius 2 is 2.17 bits per heavy atom. The van der Waals surface area contributed by atoms with Crippen molar-refractivity contribution in [3.63, 3.8) is 0 Å². The third kappa shape index (κ3) is 2.58. The molecule has 1 aromatic heterocycles. The van der Waals surface area contributed by atoms with Crippen LogP contribution in [0.1, 0.15) is 11.1 Å². The molecule has 2 aromatic rings. The van der Waals surface area contributed by atoms with Crippen molar-refractivity contribution < 1.29 is 0 Å². The fraction of sp³-hybridized carbons (Fsp3) is 0.143. The van der Waals surface area contributed by atoms with E-state index >= 15 is 0 Å². The van der Waals surface area contributed by atoms with Crippen LogP contribution in [-0.2, 0) is 6.54 Å². The number of aromatic nitrogens is 1. The lowest BCUT2D eigenvalue weighted by molar-refractivity contribution is 0.900. The molecule has 2 rings (SSSR count). The first kappa shape index (κ1) is 11.9. The molecule has 0 atom stereocenters. The fourth-order valence-corrected chi connectivity index (χ4v) is 1.82. The number of rotatable bonds is 3. The van der Waals surface area contributed by atoms with Gasteiger partial charge < -0.3 is 10.6 Å². The van der Waals surface area contributed by atoms with Crippen LogP contribution in [-0.4, -0.2) is 12.0 Å². The Hall–Kier alpha value is -2.54. The highest BCUT2D eigenvalue weighted by molar-refractivity contribution is 5.61. The summed E-state index contributed by atoms with van der Waals surface area (Å²) in [5.74, 6) is 0.750. The van der Waals surface area contributed by atoms with Gasteiger partial charge in [0.2, 0.25) is 0 Å². The van der Waals surface area contributed by atoms with Gasteiger partial charge in [-0.2, -0.15) is 5.26 Å². The quantitative estimate of drug-likeness (QED) is 0.890. The summed E-state index contributed by atoms with van der Waals surface area (Å²) in [4.78, 5) is 6.22. The lowest BCUT2D eigenvalue weighted by Gasteiger charge is -2.19. The molecular formula is C14H14N4. The lowest BCUT2D eigenvalue weighted by Crippen LogP contribution is -2.19. The van der Waals surface area contributed by atoms with Crippen molar-refractivity contribution in [3.05, 3.63) is 53.7 Å². The number of hydrogen-bond donors (Lipinski definition) is 1. The summed E-state index contributed by atoms with van der Waals surface area (Å²) in [6.07, 6.45) is 1.72. The summed E-state index contributed by atoms with van der Waals surface area (Å²) >= 11 is 0. The van der Waals surface area contributed by atoms with Crippen molar-refractivity contribution in [2.24, 2.45) is 0 Å². The van der Waals surface area contributed by atoms with Crippen molar-refractivity contribution in [1.29, 1.82) is 5.26 Å². The van der Waals surface area contributed by atoms with Crippen LogP contribution in [0.15, 0.2) is 42.6 Å². The maximum absolute atomic E-state index is 8.86. The zero-order valence-corrected chi connectivity index (χ0v) is 10.2. The van der Waals surface area contributed by atoms with Crippen LogP contribution >= 0.6 is 0 Å². The van der Waals surface area contributed by atoms with Gasteiger partial charge >= 0.3 is 0 Å². The number of hydrogen-bond acceptors (Lipinski definition) is 4. The van der Waals surface area contributed by atoms with Crippen molar-refractivity contribution in [1.82, 2.24) is 4.98 Å². The third-order valence-corrected chi connectivity index (χ3v) is 2.65. The molecule has 1 aromatic carbocycles. The van der Waals surface area contributed by atoms with Gasteiger partial charge in [-0.05, 0) is 29.8 Å². The van der Waals surface area contributed by atoms with E-state index in [2.05, 4.69) is 11.1 Å². The molecule has 4 heteroatoms. The molecule has 0 unspecified atom stereocenters. The van der Waals surface area contributed by atoms with Crippen LogP contribution in [0.5, 0.6) is 0 Å². The predicted molar refractivity (Wildman–Crippen MR) is 71.9 cm³/mol. The van der Waals surface area contributed by atoms with Crippen molar-refractivity contribution >= 4 is 11.5 Å². The maximum Gasteiger partial charge on any atom is 0.151 e. The second-order valence-electron chi connectivity index (χ2n) is 4.08. The minimum atomic E-state index is 0.649. The molecule has 2 N–H and O–H groups in total. The highest BCUT2D eigenvalue weighted by atomic mass is 15.2. The molecule has 90 valence electrons. The van der Waals surface area contributed by atoms with Gasteiger partial charge in [-0.3, -0.25) is 0 Å². The van der Waals surface area contributed by atoms with E-state index in [1.54, 1.807) is 12.3 Å². The lowest BCUT2D eigenvalue weighted by atomic mass is 10.1. The van der Waals surface area contributed by atoms with Gasteiger partial charge in [0.1, 0.15) is 0 Å². The normalized spacial score (nSPS) is 9.78. The predicted octanol–water partition coefficient (Wildman–Crippen LogP) is 2.17. The summed E-state index contributed by atoms with van der Waals surface area (Å²) < 4.78 is 0. The van der Waals surface area contributed by atoms with Crippen molar-refractivity contribution in [2.45, 2.75) is 6.54 Å². The highest BCUT2D eigenvalue weighted by Crippen LogP contribution is 2.19. The maximum atomic E-state index is 8.86. The summed E-state index contributed by atoms with van der Waals surface area (Å²) in [6.45, 7) is 0.663.